The average molecular weight is 482 g/mol. The molecule has 0 unspecified atom stereocenters. The van der Waals surface area contributed by atoms with Gasteiger partial charge in [0.25, 0.3) is 5.91 Å². The van der Waals surface area contributed by atoms with Crippen molar-refractivity contribution in [3.8, 4) is 0 Å². The van der Waals surface area contributed by atoms with Crippen molar-refractivity contribution in [3.05, 3.63) is 70.7 Å². The molecule has 1 aromatic heterocycles. The van der Waals surface area contributed by atoms with Crippen LogP contribution in [0.25, 0.3) is 0 Å². The molecule has 2 aromatic carbocycles. The van der Waals surface area contributed by atoms with E-state index < -0.39 is 0 Å². The quantitative estimate of drug-likeness (QED) is 0.474. The molecule has 1 aliphatic rings. The van der Waals surface area contributed by atoms with Gasteiger partial charge in [0, 0.05) is 31.4 Å². The maximum absolute atomic E-state index is 12.4. The highest BCUT2D eigenvalue weighted by molar-refractivity contribution is 8.01. The van der Waals surface area contributed by atoms with Gasteiger partial charge in [-0.1, -0.05) is 71.1 Å². The SMILES string of the molecule is Cc1ccc(NC(=O)c2nnc(SCC(=O)NC3CCN(Cc4ccccc4)CC3)s2)cc1. The minimum absolute atomic E-state index is 0.0117. The molecule has 0 aliphatic carbocycles. The zero-order chi connectivity index (χ0) is 23.0. The van der Waals surface area contributed by atoms with E-state index in [0.29, 0.717) is 10.0 Å². The first kappa shape index (κ1) is 23.4. The van der Waals surface area contributed by atoms with Crippen LogP contribution in [0.4, 0.5) is 5.69 Å². The van der Waals surface area contributed by atoms with Gasteiger partial charge < -0.3 is 10.6 Å². The normalized spacial score (nSPS) is 14.7. The number of carbonyl (C=O) groups is 2. The minimum atomic E-state index is -0.296. The number of nitrogens with zero attached hydrogens (tertiary/aromatic N) is 3. The monoisotopic (exact) mass is 481 g/mol. The summed E-state index contributed by atoms with van der Waals surface area (Å²) in [6, 6.07) is 18.2. The van der Waals surface area contributed by atoms with Crippen molar-refractivity contribution in [2.24, 2.45) is 0 Å². The van der Waals surface area contributed by atoms with Crippen molar-refractivity contribution in [1.82, 2.24) is 20.4 Å². The van der Waals surface area contributed by atoms with E-state index in [-0.39, 0.29) is 28.6 Å². The maximum Gasteiger partial charge on any atom is 0.286 e. The molecule has 0 spiro atoms. The molecule has 4 rings (SSSR count). The number of nitrogens with one attached hydrogen (secondary N) is 2. The highest BCUT2D eigenvalue weighted by Crippen LogP contribution is 2.23. The number of likely N-dealkylation sites (tertiary alicyclic amines) is 1. The van der Waals surface area contributed by atoms with Crippen molar-refractivity contribution in [2.45, 2.75) is 36.7 Å². The van der Waals surface area contributed by atoms with Gasteiger partial charge in [-0.3, -0.25) is 14.5 Å². The van der Waals surface area contributed by atoms with Crippen LogP contribution in [-0.2, 0) is 11.3 Å². The summed E-state index contributed by atoms with van der Waals surface area (Å²) < 4.78 is 0.608. The van der Waals surface area contributed by atoms with Gasteiger partial charge in [-0.15, -0.1) is 10.2 Å². The molecule has 1 fully saturated rings. The molecule has 7 nitrogen and oxygen atoms in total. The fourth-order valence-corrected chi connectivity index (χ4v) is 5.21. The summed E-state index contributed by atoms with van der Waals surface area (Å²) in [6.45, 7) is 4.89. The van der Waals surface area contributed by atoms with Crippen molar-refractivity contribution >= 4 is 40.6 Å². The zero-order valence-corrected chi connectivity index (χ0v) is 20.1. The number of rotatable bonds is 8. The molecule has 1 saturated heterocycles. The molecular weight excluding hydrogens is 454 g/mol. The zero-order valence-electron chi connectivity index (χ0n) is 18.5. The van der Waals surface area contributed by atoms with E-state index in [1.54, 1.807) is 0 Å². The van der Waals surface area contributed by atoms with Gasteiger partial charge >= 0.3 is 0 Å². The van der Waals surface area contributed by atoms with Gasteiger partial charge in [0.2, 0.25) is 10.9 Å². The van der Waals surface area contributed by atoms with Crippen molar-refractivity contribution in [3.63, 3.8) is 0 Å². The second-order valence-corrected chi connectivity index (χ2v) is 10.3. The van der Waals surface area contributed by atoms with Crippen LogP contribution in [-0.4, -0.2) is 51.8 Å². The number of carbonyl (C=O) groups excluding carboxylic acids is 2. The fourth-order valence-electron chi connectivity index (χ4n) is 3.65. The number of aromatic nitrogens is 2. The van der Waals surface area contributed by atoms with E-state index in [2.05, 4.69) is 50.0 Å². The first-order valence-electron chi connectivity index (χ1n) is 10.9. The lowest BCUT2D eigenvalue weighted by atomic mass is 10.0. The molecule has 0 atom stereocenters. The number of aryl methyl sites for hydroxylation is 1. The van der Waals surface area contributed by atoms with Gasteiger partial charge in [0.1, 0.15) is 0 Å². The Morgan fingerprint density at radius 1 is 1.06 bits per heavy atom. The van der Waals surface area contributed by atoms with Crippen molar-refractivity contribution in [1.29, 1.82) is 0 Å². The average Bonchev–Trinajstić information content (AvgIpc) is 3.31. The number of thioether (sulfide) groups is 1. The molecule has 9 heteroatoms. The largest absolute Gasteiger partial charge is 0.353 e. The second kappa shape index (κ2) is 11.4. The van der Waals surface area contributed by atoms with Crippen LogP contribution in [0.3, 0.4) is 0 Å². The summed E-state index contributed by atoms with van der Waals surface area (Å²) in [5.74, 6) is -0.0457. The predicted octanol–water partition coefficient (Wildman–Crippen LogP) is 3.97. The lowest BCUT2D eigenvalue weighted by molar-refractivity contribution is -0.119. The van der Waals surface area contributed by atoms with Crippen molar-refractivity contribution in [2.75, 3.05) is 24.2 Å². The molecule has 1 aliphatic heterocycles. The molecule has 2 N–H and O–H groups in total. The standard InChI is InChI=1S/C24H27N5O2S2/c1-17-7-9-19(10-8-17)26-22(31)23-27-28-24(33-23)32-16-21(30)25-20-11-13-29(14-12-20)15-18-5-3-2-4-6-18/h2-10,20H,11-16H2,1H3,(H,25,30)(H,26,31). The minimum Gasteiger partial charge on any atom is -0.353 e. The maximum atomic E-state index is 12.4. The summed E-state index contributed by atoms with van der Waals surface area (Å²) in [5, 5.41) is 14.2. The molecule has 33 heavy (non-hydrogen) atoms. The smallest absolute Gasteiger partial charge is 0.286 e. The van der Waals surface area contributed by atoms with E-state index >= 15 is 0 Å². The van der Waals surface area contributed by atoms with E-state index in [1.165, 1.54) is 28.7 Å². The summed E-state index contributed by atoms with van der Waals surface area (Å²) >= 11 is 2.50. The van der Waals surface area contributed by atoms with Crippen LogP contribution in [0, 0.1) is 6.92 Å². The Balaban J connectivity index is 1.17. The van der Waals surface area contributed by atoms with Gasteiger partial charge in [0.05, 0.1) is 5.75 Å². The number of amides is 2. The Morgan fingerprint density at radius 2 is 1.79 bits per heavy atom. The summed E-state index contributed by atoms with van der Waals surface area (Å²) in [5.41, 5.74) is 3.16. The van der Waals surface area contributed by atoms with Crippen molar-refractivity contribution < 1.29 is 9.59 Å². The number of piperidine rings is 1. The molecule has 2 heterocycles. The number of hydrogen-bond acceptors (Lipinski definition) is 7. The van der Waals surface area contributed by atoms with E-state index in [1.807, 2.05) is 37.3 Å². The van der Waals surface area contributed by atoms with Crippen LogP contribution in [0.1, 0.15) is 33.8 Å². The molecular formula is C24H27N5O2S2. The molecule has 0 bridgehead atoms. The summed E-state index contributed by atoms with van der Waals surface area (Å²) in [4.78, 5) is 27.2. The third-order valence-electron chi connectivity index (χ3n) is 5.44. The topological polar surface area (TPSA) is 87.2 Å². The van der Waals surface area contributed by atoms with Gasteiger partial charge in [-0.25, -0.2) is 0 Å². The van der Waals surface area contributed by atoms with Crippen LogP contribution < -0.4 is 10.6 Å². The molecule has 0 radical (unpaired) electrons. The number of anilines is 1. The molecule has 172 valence electrons. The Hall–Kier alpha value is -2.75. The number of benzene rings is 2. The summed E-state index contributed by atoms with van der Waals surface area (Å²) in [7, 11) is 0. The Kier molecular flexibility index (Phi) is 8.09. The van der Waals surface area contributed by atoms with Crippen LogP contribution in [0.2, 0.25) is 0 Å². The first-order chi connectivity index (χ1) is 16.0. The van der Waals surface area contributed by atoms with E-state index in [4.69, 9.17) is 0 Å². The second-order valence-electron chi connectivity index (χ2n) is 8.09. The number of hydrogen-bond donors (Lipinski definition) is 2. The van der Waals surface area contributed by atoms with Crippen LogP contribution >= 0.6 is 23.1 Å². The van der Waals surface area contributed by atoms with Gasteiger partial charge in [0.15, 0.2) is 4.34 Å². The highest BCUT2D eigenvalue weighted by Gasteiger charge is 2.21. The van der Waals surface area contributed by atoms with Gasteiger partial charge in [-0.05, 0) is 37.5 Å². The third kappa shape index (κ3) is 7.12. The van der Waals surface area contributed by atoms with Crippen LogP contribution in [0.15, 0.2) is 58.9 Å². The lowest BCUT2D eigenvalue weighted by Gasteiger charge is -2.32. The lowest BCUT2D eigenvalue weighted by Crippen LogP contribution is -2.44. The molecule has 2 amide bonds. The van der Waals surface area contributed by atoms with Gasteiger partial charge in [-0.2, -0.15) is 0 Å². The van der Waals surface area contributed by atoms with Crippen LogP contribution in [0.5, 0.6) is 0 Å². The molecule has 3 aromatic rings. The molecule has 0 saturated carbocycles. The Bertz CT molecular complexity index is 1060. The Labute approximate surface area is 202 Å². The Morgan fingerprint density at radius 3 is 2.52 bits per heavy atom. The first-order valence-corrected chi connectivity index (χ1v) is 12.8. The fraction of sp³-hybridized carbons (Fsp3) is 0.333. The van der Waals surface area contributed by atoms with E-state index in [0.717, 1.165) is 38.0 Å². The highest BCUT2D eigenvalue weighted by atomic mass is 32.2. The third-order valence-corrected chi connectivity index (χ3v) is 7.49. The predicted molar refractivity (Wildman–Crippen MR) is 133 cm³/mol. The summed E-state index contributed by atoms with van der Waals surface area (Å²) in [6.07, 6.45) is 1.90. The van der Waals surface area contributed by atoms with E-state index in [9.17, 15) is 9.59 Å².